The van der Waals surface area contributed by atoms with Gasteiger partial charge >= 0.3 is 5.97 Å². The van der Waals surface area contributed by atoms with E-state index in [1.54, 1.807) is 0 Å². The smallest absolute Gasteiger partial charge is 0.312 e. The van der Waals surface area contributed by atoms with E-state index in [9.17, 15) is 4.79 Å². The minimum atomic E-state index is -0.501. The van der Waals surface area contributed by atoms with Crippen LogP contribution in [0, 0.1) is 5.41 Å². The zero-order valence-electron chi connectivity index (χ0n) is 12.8. The Kier molecular flexibility index (Phi) is 4.43. The minimum Gasteiger partial charge on any atom is -0.469 e. The first kappa shape index (κ1) is 15.0. The topological polar surface area (TPSA) is 57.1 Å². The van der Waals surface area contributed by atoms with Gasteiger partial charge in [0.15, 0.2) is 0 Å². The summed E-state index contributed by atoms with van der Waals surface area (Å²) < 4.78 is 10.4. The summed E-state index contributed by atoms with van der Waals surface area (Å²) in [5, 5.41) is 4.20. The van der Waals surface area contributed by atoms with Gasteiger partial charge in [-0.05, 0) is 18.4 Å². The van der Waals surface area contributed by atoms with Crippen molar-refractivity contribution < 1.29 is 19.1 Å². The third-order valence-electron chi connectivity index (χ3n) is 4.53. The van der Waals surface area contributed by atoms with Gasteiger partial charge in [0.25, 0.3) is 0 Å². The maximum atomic E-state index is 12.3. The normalized spacial score (nSPS) is 23.5. The van der Waals surface area contributed by atoms with Crippen molar-refractivity contribution in [2.75, 3.05) is 20.3 Å². The number of hydrogen-bond donors (Lipinski definition) is 0. The fraction of sp³-hybridized carbons (Fsp3) is 0.529. The van der Waals surface area contributed by atoms with E-state index < -0.39 is 5.41 Å². The van der Waals surface area contributed by atoms with Crippen molar-refractivity contribution in [1.82, 2.24) is 0 Å². The van der Waals surface area contributed by atoms with Crippen LogP contribution >= 0.6 is 0 Å². The van der Waals surface area contributed by atoms with Crippen LogP contribution in [0.3, 0.4) is 0 Å². The molecular formula is C17H21NO4. The van der Waals surface area contributed by atoms with E-state index in [4.69, 9.17) is 14.3 Å². The molecule has 1 saturated heterocycles. The zero-order chi connectivity index (χ0) is 15.4. The zero-order valence-corrected chi connectivity index (χ0v) is 12.8. The van der Waals surface area contributed by atoms with Gasteiger partial charge in [0.05, 0.1) is 18.2 Å². The number of oxime groups is 1. The number of nitrogens with zero attached hydrogens (tertiary/aromatic N) is 1. The average Bonchev–Trinajstić information content (AvgIpc) is 3.04. The molecule has 0 radical (unpaired) electrons. The third kappa shape index (κ3) is 2.99. The lowest BCUT2D eigenvalue weighted by molar-refractivity contribution is -0.162. The quantitative estimate of drug-likeness (QED) is 0.802. The van der Waals surface area contributed by atoms with Gasteiger partial charge in [0.1, 0.15) is 6.10 Å². The molecule has 1 atom stereocenters. The van der Waals surface area contributed by atoms with Crippen molar-refractivity contribution in [3.05, 3.63) is 35.9 Å². The van der Waals surface area contributed by atoms with Gasteiger partial charge in [0.2, 0.25) is 0 Å². The number of carbonyl (C=O) groups is 1. The molecule has 0 aromatic heterocycles. The van der Waals surface area contributed by atoms with Crippen LogP contribution in [0.5, 0.6) is 0 Å². The van der Waals surface area contributed by atoms with Crippen LogP contribution in [-0.4, -0.2) is 38.1 Å². The molecule has 5 nitrogen and oxygen atoms in total. The fourth-order valence-corrected chi connectivity index (χ4v) is 3.24. The highest BCUT2D eigenvalue weighted by Crippen LogP contribution is 2.39. The first-order valence-electron chi connectivity index (χ1n) is 7.68. The molecular weight excluding hydrogens is 282 g/mol. The highest BCUT2D eigenvalue weighted by Gasteiger charge is 2.44. The molecule has 0 aliphatic carbocycles. The highest BCUT2D eigenvalue weighted by molar-refractivity contribution is 6.01. The molecule has 0 bridgehead atoms. The minimum absolute atomic E-state index is 0.0765. The lowest BCUT2D eigenvalue weighted by Gasteiger charge is -2.35. The van der Waals surface area contributed by atoms with Crippen molar-refractivity contribution in [2.24, 2.45) is 10.6 Å². The molecule has 3 rings (SSSR count). The monoisotopic (exact) mass is 303 g/mol. The summed E-state index contributed by atoms with van der Waals surface area (Å²) in [6.07, 6.45) is 2.64. The first-order chi connectivity index (χ1) is 10.7. The summed E-state index contributed by atoms with van der Waals surface area (Å²) in [6.45, 7) is 1.18. The Bertz CT molecular complexity index is 549. The van der Waals surface area contributed by atoms with Crippen molar-refractivity contribution in [3.8, 4) is 0 Å². The number of methoxy groups -OCH3 is 1. The third-order valence-corrected chi connectivity index (χ3v) is 4.53. The number of benzene rings is 1. The molecule has 22 heavy (non-hydrogen) atoms. The van der Waals surface area contributed by atoms with Gasteiger partial charge in [-0.15, -0.1) is 0 Å². The van der Waals surface area contributed by atoms with E-state index in [0.717, 1.165) is 17.7 Å². The first-order valence-corrected chi connectivity index (χ1v) is 7.68. The Labute approximate surface area is 130 Å². The van der Waals surface area contributed by atoms with E-state index in [0.29, 0.717) is 32.5 Å². The summed E-state index contributed by atoms with van der Waals surface area (Å²) in [4.78, 5) is 17.8. The number of carbonyl (C=O) groups excluding carboxylic acids is 1. The molecule has 1 fully saturated rings. The van der Waals surface area contributed by atoms with Crippen molar-refractivity contribution in [1.29, 1.82) is 0 Å². The average molecular weight is 303 g/mol. The number of esters is 1. The molecule has 1 aromatic carbocycles. The Morgan fingerprint density at radius 3 is 2.73 bits per heavy atom. The van der Waals surface area contributed by atoms with E-state index in [1.165, 1.54) is 7.11 Å². The van der Waals surface area contributed by atoms with Gasteiger partial charge in [-0.1, -0.05) is 35.5 Å². The number of rotatable bonds is 4. The molecule has 0 N–H and O–H groups in total. The number of ether oxygens (including phenoxy) is 2. The summed E-state index contributed by atoms with van der Waals surface area (Å²) in [5.74, 6) is -0.160. The molecule has 118 valence electrons. The molecule has 0 saturated carbocycles. The van der Waals surface area contributed by atoms with Crippen LogP contribution in [0.15, 0.2) is 35.5 Å². The second-order valence-corrected chi connectivity index (χ2v) is 5.92. The van der Waals surface area contributed by atoms with Crippen LogP contribution in [0.25, 0.3) is 0 Å². The van der Waals surface area contributed by atoms with Crippen LogP contribution < -0.4 is 0 Å². The summed E-state index contributed by atoms with van der Waals surface area (Å²) >= 11 is 0. The second-order valence-electron chi connectivity index (χ2n) is 5.92. The van der Waals surface area contributed by atoms with Crippen molar-refractivity contribution >= 4 is 11.7 Å². The van der Waals surface area contributed by atoms with Crippen LogP contribution in [-0.2, 0) is 19.1 Å². The van der Waals surface area contributed by atoms with Crippen molar-refractivity contribution in [2.45, 2.75) is 31.8 Å². The van der Waals surface area contributed by atoms with Gasteiger partial charge < -0.3 is 14.3 Å². The Hall–Kier alpha value is -1.88. The maximum Gasteiger partial charge on any atom is 0.312 e. The fourth-order valence-electron chi connectivity index (χ4n) is 3.24. The molecule has 0 unspecified atom stereocenters. The van der Waals surface area contributed by atoms with Crippen LogP contribution in [0.1, 0.15) is 31.2 Å². The maximum absolute atomic E-state index is 12.3. The summed E-state index contributed by atoms with van der Waals surface area (Å²) in [6, 6.07) is 10.00. The van der Waals surface area contributed by atoms with Crippen LogP contribution in [0.2, 0.25) is 0 Å². The Morgan fingerprint density at radius 2 is 2.05 bits per heavy atom. The molecule has 1 aromatic rings. The Balaban J connectivity index is 1.67. The van der Waals surface area contributed by atoms with E-state index in [1.807, 2.05) is 30.3 Å². The molecule has 0 amide bonds. The standard InChI is InChI=1S/C17H21NO4/c1-20-16(19)17(7-9-21-10-8-17)12-14-11-15(18-22-14)13-5-3-2-4-6-13/h2-6,14H,7-12H2,1H3/t14-/m0/s1. The van der Waals surface area contributed by atoms with Gasteiger partial charge in [0, 0.05) is 26.1 Å². The predicted octanol–water partition coefficient (Wildman–Crippen LogP) is 2.54. The molecule has 2 aliphatic rings. The lowest BCUT2D eigenvalue weighted by atomic mass is 9.75. The number of hydrogen-bond acceptors (Lipinski definition) is 5. The predicted molar refractivity (Wildman–Crippen MR) is 81.6 cm³/mol. The molecule has 2 aliphatic heterocycles. The largest absolute Gasteiger partial charge is 0.469 e. The molecule has 0 spiro atoms. The van der Waals surface area contributed by atoms with E-state index in [-0.39, 0.29) is 12.1 Å². The SMILES string of the molecule is COC(=O)C1(C[C@@H]2CC(c3ccccc3)=NO2)CCOCC1. The van der Waals surface area contributed by atoms with Crippen LogP contribution in [0.4, 0.5) is 0 Å². The van der Waals surface area contributed by atoms with E-state index in [2.05, 4.69) is 5.16 Å². The van der Waals surface area contributed by atoms with Gasteiger partial charge in [-0.3, -0.25) is 4.79 Å². The highest BCUT2D eigenvalue weighted by atomic mass is 16.6. The molecule has 2 heterocycles. The Morgan fingerprint density at radius 1 is 1.32 bits per heavy atom. The van der Waals surface area contributed by atoms with Crippen molar-refractivity contribution in [3.63, 3.8) is 0 Å². The molecule has 5 heteroatoms. The lowest BCUT2D eigenvalue weighted by Crippen LogP contribution is -2.41. The van der Waals surface area contributed by atoms with Gasteiger partial charge in [-0.2, -0.15) is 0 Å². The summed E-state index contributed by atoms with van der Waals surface area (Å²) in [7, 11) is 1.45. The second kappa shape index (κ2) is 6.48. The van der Waals surface area contributed by atoms with E-state index >= 15 is 0 Å². The summed E-state index contributed by atoms with van der Waals surface area (Å²) in [5.41, 5.74) is 1.51. The van der Waals surface area contributed by atoms with Gasteiger partial charge in [-0.25, -0.2) is 0 Å².